The van der Waals surface area contributed by atoms with Crippen molar-refractivity contribution < 1.29 is 22.7 Å². The number of ether oxygens (including phenoxy) is 1. The third-order valence-corrected chi connectivity index (χ3v) is 6.87. The molecule has 1 aromatic carbocycles. The first-order valence-electron chi connectivity index (χ1n) is 8.59. The lowest BCUT2D eigenvalue weighted by atomic mass is 9.97. The van der Waals surface area contributed by atoms with Crippen molar-refractivity contribution >= 4 is 21.9 Å². The molecule has 8 heteroatoms. The van der Waals surface area contributed by atoms with E-state index in [4.69, 9.17) is 0 Å². The Hall–Kier alpha value is -1.93. The Kier molecular flexibility index (Phi) is 6.41. The molecule has 1 saturated heterocycles. The maximum atomic E-state index is 13.0. The van der Waals surface area contributed by atoms with Gasteiger partial charge < -0.3 is 10.1 Å². The molecule has 0 aromatic heterocycles. The van der Waals surface area contributed by atoms with Crippen molar-refractivity contribution in [3.63, 3.8) is 0 Å². The first-order chi connectivity index (χ1) is 12.2. The number of sulfonamides is 1. The number of aryl methyl sites for hydroxylation is 3. The van der Waals surface area contributed by atoms with Gasteiger partial charge in [-0.25, -0.2) is 8.42 Å². The topological polar surface area (TPSA) is 92.8 Å². The average molecular weight is 382 g/mol. The number of benzene rings is 1. The third-order valence-electron chi connectivity index (χ3n) is 4.66. The fourth-order valence-corrected chi connectivity index (χ4v) is 5.32. The van der Waals surface area contributed by atoms with Crippen LogP contribution in [0.3, 0.4) is 0 Å². The molecule has 7 nitrogen and oxygen atoms in total. The van der Waals surface area contributed by atoms with Crippen LogP contribution in [-0.2, 0) is 24.3 Å². The molecule has 1 fully saturated rings. The lowest BCUT2D eigenvalue weighted by molar-refractivity contribution is -0.141. The van der Waals surface area contributed by atoms with Crippen LogP contribution in [0.5, 0.6) is 0 Å². The summed E-state index contributed by atoms with van der Waals surface area (Å²) in [5.41, 5.74) is 2.50. The van der Waals surface area contributed by atoms with Gasteiger partial charge in [0, 0.05) is 19.0 Å². The molecular weight excluding hydrogens is 356 g/mol. The molecule has 0 atom stereocenters. The number of methoxy groups -OCH3 is 1. The summed E-state index contributed by atoms with van der Waals surface area (Å²) >= 11 is 0. The van der Waals surface area contributed by atoms with Crippen LogP contribution in [0.1, 0.15) is 29.5 Å². The zero-order chi connectivity index (χ0) is 19.5. The van der Waals surface area contributed by atoms with Crippen molar-refractivity contribution in [1.82, 2.24) is 9.62 Å². The van der Waals surface area contributed by atoms with E-state index in [9.17, 15) is 18.0 Å². The molecule has 2 rings (SSSR count). The first kappa shape index (κ1) is 20.4. The van der Waals surface area contributed by atoms with Crippen LogP contribution in [0.15, 0.2) is 17.0 Å². The van der Waals surface area contributed by atoms with Gasteiger partial charge in [0.15, 0.2) is 0 Å². The van der Waals surface area contributed by atoms with Crippen molar-refractivity contribution in [2.75, 3.05) is 26.7 Å². The van der Waals surface area contributed by atoms with Crippen LogP contribution in [0.4, 0.5) is 0 Å². The smallest absolute Gasteiger partial charge is 0.325 e. The second-order valence-corrected chi connectivity index (χ2v) is 8.57. The molecule has 1 aromatic rings. The zero-order valence-corrected chi connectivity index (χ0v) is 16.5. The summed E-state index contributed by atoms with van der Waals surface area (Å²) in [5.74, 6) is -1.05. The summed E-state index contributed by atoms with van der Waals surface area (Å²) in [4.78, 5) is 23.6. The minimum atomic E-state index is -3.59. The predicted molar refractivity (Wildman–Crippen MR) is 97.2 cm³/mol. The Balaban J connectivity index is 2.05. The van der Waals surface area contributed by atoms with Gasteiger partial charge in [-0.1, -0.05) is 17.7 Å². The number of carbonyl (C=O) groups excluding carboxylic acids is 2. The maximum absolute atomic E-state index is 13.0. The maximum Gasteiger partial charge on any atom is 0.325 e. The fourth-order valence-electron chi connectivity index (χ4n) is 3.44. The monoisotopic (exact) mass is 382 g/mol. The number of carbonyl (C=O) groups is 2. The van der Waals surface area contributed by atoms with Gasteiger partial charge in [0.25, 0.3) is 0 Å². The van der Waals surface area contributed by atoms with E-state index in [0.717, 1.165) is 16.7 Å². The number of nitrogens with one attached hydrogen (secondary N) is 1. The highest BCUT2D eigenvalue weighted by molar-refractivity contribution is 7.89. The normalized spacial score (nSPS) is 16.3. The number of hydrogen-bond acceptors (Lipinski definition) is 5. The Labute approximate surface area is 154 Å². The Morgan fingerprint density at radius 2 is 1.69 bits per heavy atom. The Morgan fingerprint density at radius 3 is 2.19 bits per heavy atom. The van der Waals surface area contributed by atoms with E-state index in [1.807, 2.05) is 19.1 Å². The minimum Gasteiger partial charge on any atom is -0.468 e. The van der Waals surface area contributed by atoms with Gasteiger partial charge in [-0.15, -0.1) is 0 Å². The SMILES string of the molecule is COC(=O)CNC(=O)C1CCN(S(=O)(=O)c2c(C)cc(C)cc2C)CC1. The third kappa shape index (κ3) is 4.42. The number of esters is 1. The van der Waals surface area contributed by atoms with Gasteiger partial charge in [0.2, 0.25) is 15.9 Å². The highest BCUT2D eigenvalue weighted by Crippen LogP contribution is 2.28. The fraction of sp³-hybridized carbons (Fsp3) is 0.556. The van der Waals surface area contributed by atoms with Gasteiger partial charge >= 0.3 is 5.97 Å². The van der Waals surface area contributed by atoms with Crippen LogP contribution in [0.2, 0.25) is 0 Å². The lowest BCUT2D eigenvalue weighted by Gasteiger charge is -2.31. The predicted octanol–water partition coefficient (Wildman–Crippen LogP) is 1.30. The number of rotatable bonds is 5. The molecule has 0 bridgehead atoms. The number of hydrogen-bond donors (Lipinski definition) is 1. The van der Waals surface area contributed by atoms with E-state index in [0.29, 0.717) is 17.7 Å². The second-order valence-electron chi connectivity index (χ2n) is 6.70. The van der Waals surface area contributed by atoms with Crippen molar-refractivity contribution in [3.05, 3.63) is 28.8 Å². The summed E-state index contributed by atoms with van der Waals surface area (Å²) in [6.45, 7) is 5.95. The Bertz CT molecular complexity index is 773. The molecule has 0 radical (unpaired) electrons. The van der Waals surface area contributed by atoms with Gasteiger partial charge in [0.05, 0.1) is 12.0 Å². The van der Waals surface area contributed by atoms with E-state index in [2.05, 4.69) is 10.1 Å². The molecule has 1 aliphatic rings. The minimum absolute atomic E-state index is 0.171. The second kappa shape index (κ2) is 8.18. The lowest BCUT2D eigenvalue weighted by Crippen LogP contribution is -2.44. The highest BCUT2D eigenvalue weighted by atomic mass is 32.2. The van der Waals surface area contributed by atoms with E-state index in [-0.39, 0.29) is 31.5 Å². The van der Waals surface area contributed by atoms with Gasteiger partial charge in [-0.2, -0.15) is 4.31 Å². The molecule has 1 aliphatic heterocycles. The van der Waals surface area contributed by atoms with Crippen LogP contribution in [0.25, 0.3) is 0 Å². The van der Waals surface area contributed by atoms with Crippen LogP contribution >= 0.6 is 0 Å². The van der Waals surface area contributed by atoms with Crippen LogP contribution < -0.4 is 5.32 Å². The van der Waals surface area contributed by atoms with Gasteiger partial charge in [-0.3, -0.25) is 9.59 Å². The molecule has 0 spiro atoms. The van der Waals surface area contributed by atoms with E-state index in [1.165, 1.54) is 11.4 Å². The molecule has 144 valence electrons. The summed E-state index contributed by atoms with van der Waals surface area (Å²) < 4.78 is 32.0. The van der Waals surface area contributed by atoms with Crippen molar-refractivity contribution in [2.24, 2.45) is 5.92 Å². The molecule has 0 aliphatic carbocycles. The zero-order valence-electron chi connectivity index (χ0n) is 15.7. The molecule has 1 heterocycles. The standard InChI is InChI=1S/C18H26N2O5S/c1-12-9-13(2)17(14(3)10-12)26(23,24)20-7-5-15(6-8-20)18(22)19-11-16(21)25-4/h9-10,15H,5-8,11H2,1-4H3,(H,19,22). The van der Waals surface area contributed by atoms with Crippen molar-refractivity contribution in [3.8, 4) is 0 Å². The van der Waals surface area contributed by atoms with Gasteiger partial charge in [-0.05, 0) is 44.7 Å². The van der Waals surface area contributed by atoms with Gasteiger partial charge in [0.1, 0.15) is 6.54 Å². The molecular formula is C18H26N2O5S. The summed E-state index contributed by atoms with van der Waals surface area (Å²) in [5, 5.41) is 2.53. The van der Waals surface area contributed by atoms with Crippen molar-refractivity contribution in [2.45, 2.75) is 38.5 Å². The molecule has 1 amide bonds. The molecule has 26 heavy (non-hydrogen) atoms. The highest BCUT2D eigenvalue weighted by Gasteiger charge is 2.33. The molecule has 0 unspecified atom stereocenters. The molecule has 0 saturated carbocycles. The largest absolute Gasteiger partial charge is 0.468 e. The van der Waals surface area contributed by atoms with E-state index >= 15 is 0 Å². The average Bonchev–Trinajstić information content (AvgIpc) is 2.58. The van der Waals surface area contributed by atoms with Crippen molar-refractivity contribution in [1.29, 1.82) is 0 Å². The van der Waals surface area contributed by atoms with Crippen LogP contribution in [0, 0.1) is 26.7 Å². The summed E-state index contributed by atoms with van der Waals surface area (Å²) in [6.07, 6.45) is 0.854. The number of amides is 1. The van der Waals surface area contributed by atoms with Crippen LogP contribution in [-0.4, -0.2) is 51.3 Å². The summed E-state index contributed by atoms with van der Waals surface area (Å²) in [7, 11) is -2.33. The van der Waals surface area contributed by atoms with E-state index in [1.54, 1.807) is 13.8 Å². The van der Waals surface area contributed by atoms with E-state index < -0.39 is 16.0 Å². The first-order valence-corrected chi connectivity index (χ1v) is 10.0. The quantitative estimate of drug-likeness (QED) is 0.775. The number of nitrogens with zero attached hydrogens (tertiary/aromatic N) is 1. The Morgan fingerprint density at radius 1 is 1.15 bits per heavy atom. The molecule has 1 N–H and O–H groups in total. The summed E-state index contributed by atoms with van der Waals surface area (Å²) in [6, 6.07) is 3.74. The number of piperidine rings is 1.